The Kier molecular flexibility index (Phi) is 3.56. The third-order valence-electron chi connectivity index (χ3n) is 3.56. The molecule has 0 aliphatic heterocycles. The van der Waals surface area contributed by atoms with Crippen LogP contribution in [0.3, 0.4) is 0 Å². The number of amides is 1. The lowest BCUT2D eigenvalue weighted by Crippen LogP contribution is -2.33. The third kappa shape index (κ3) is 3.02. The highest BCUT2D eigenvalue weighted by atomic mass is 19.1. The van der Waals surface area contributed by atoms with Gasteiger partial charge in [-0.15, -0.1) is 0 Å². The van der Waals surface area contributed by atoms with Gasteiger partial charge in [0.2, 0.25) is 0 Å². The van der Waals surface area contributed by atoms with Gasteiger partial charge in [-0.1, -0.05) is 12.1 Å². The first-order valence-corrected chi connectivity index (χ1v) is 6.90. The van der Waals surface area contributed by atoms with Crippen molar-refractivity contribution >= 4 is 11.6 Å². The van der Waals surface area contributed by atoms with Crippen molar-refractivity contribution in [3.63, 3.8) is 0 Å². The first-order valence-electron chi connectivity index (χ1n) is 6.90. The number of hydrogen-bond acceptors (Lipinski definition) is 3. The van der Waals surface area contributed by atoms with Crippen LogP contribution < -0.4 is 5.73 Å². The van der Waals surface area contributed by atoms with Gasteiger partial charge in [-0.25, -0.2) is 4.39 Å². The summed E-state index contributed by atoms with van der Waals surface area (Å²) in [6.45, 7) is 0.441. The van der Waals surface area contributed by atoms with Gasteiger partial charge >= 0.3 is 0 Å². The number of pyridine rings is 1. The van der Waals surface area contributed by atoms with Crippen molar-refractivity contribution in [1.29, 1.82) is 0 Å². The van der Waals surface area contributed by atoms with Crippen LogP contribution in [-0.2, 0) is 6.54 Å². The lowest BCUT2D eigenvalue weighted by atomic mass is 10.1. The molecule has 108 valence electrons. The molecule has 2 N–H and O–H groups in total. The quantitative estimate of drug-likeness (QED) is 0.878. The minimum absolute atomic E-state index is 0.0702. The van der Waals surface area contributed by atoms with Gasteiger partial charge in [-0.3, -0.25) is 9.78 Å². The van der Waals surface area contributed by atoms with Gasteiger partial charge in [0.15, 0.2) is 5.82 Å². The van der Waals surface area contributed by atoms with Crippen molar-refractivity contribution < 1.29 is 9.18 Å². The summed E-state index contributed by atoms with van der Waals surface area (Å²) in [7, 11) is 0. The van der Waals surface area contributed by atoms with Crippen LogP contribution >= 0.6 is 0 Å². The molecule has 1 aliphatic carbocycles. The molecular weight excluding hydrogens is 269 g/mol. The Balaban J connectivity index is 1.85. The summed E-state index contributed by atoms with van der Waals surface area (Å²) in [5.41, 5.74) is 7.44. The van der Waals surface area contributed by atoms with Crippen LogP contribution in [-0.4, -0.2) is 21.8 Å². The van der Waals surface area contributed by atoms with E-state index in [0.29, 0.717) is 12.2 Å². The molecule has 1 amide bonds. The van der Waals surface area contributed by atoms with Crippen molar-refractivity contribution in [2.24, 2.45) is 0 Å². The molecule has 4 nitrogen and oxygen atoms in total. The van der Waals surface area contributed by atoms with Crippen molar-refractivity contribution in [2.75, 3.05) is 5.73 Å². The molecule has 1 aromatic heterocycles. The van der Waals surface area contributed by atoms with Crippen LogP contribution in [0.25, 0.3) is 0 Å². The fraction of sp³-hybridized carbons (Fsp3) is 0.250. The number of carbonyl (C=O) groups is 1. The van der Waals surface area contributed by atoms with Crippen LogP contribution in [0.15, 0.2) is 42.7 Å². The Morgan fingerprint density at radius 3 is 2.86 bits per heavy atom. The molecule has 2 aromatic rings. The summed E-state index contributed by atoms with van der Waals surface area (Å²) in [4.78, 5) is 18.0. The van der Waals surface area contributed by atoms with E-state index in [2.05, 4.69) is 4.98 Å². The second kappa shape index (κ2) is 5.52. The number of rotatable bonds is 4. The summed E-state index contributed by atoms with van der Waals surface area (Å²) >= 11 is 0. The van der Waals surface area contributed by atoms with E-state index in [-0.39, 0.29) is 17.5 Å². The molecule has 1 saturated carbocycles. The summed E-state index contributed by atoms with van der Waals surface area (Å²) in [5, 5.41) is 0. The summed E-state index contributed by atoms with van der Waals surface area (Å²) in [6, 6.07) is 9.02. The smallest absolute Gasteiger partial charge is 0.257 e. The van der Waals surface area contributed by atoms with Gasteiger partial charge in [-0.2, -0.15) is 0 Å². The van der Waals surface area contributed by atoms with Crippen molar-refractivity contribution in [3.05, 3.63) is 59.7 Å². The SMILES string of the molecule is Nc1cccc(CN(C(=O)c2ccncc2F)C2CC2)c1. The first-order chi connectivity index (χ1) is 10.1. The molecule has 5 heteroatoms. The largest absolute Gasteiger partial charge is 0.399 e. The van der Waals surface area contributed by atoms with E-state index in [1.54, 1.807) is 11.0 Å². The fourth-order valence-electron chi connectivity index (χ4n) is 2.34. The Bertz CT molecular complexity index is 670. The van der Waals surface area contributed by atoms with E-state index in [1.165, 1.54) is 12.3 Å². The Labute approximate surface area is 122 Å². The zero-order valence-corrected chi connectivity index (χ0v) is 11.5. The standard InChI is InChI=1S/C16H16FN3O/c17-15-9-19-7-6-14(15)16(21)20(13-4-5-13)10-11-2-1-3-12(18)8-11/h1-3,6-9,13H,4-5,10,18H2. The molecule has 0 radical (unpaired) electrons. The van der Waals surface area contributed by atoms with E-state index in [9.17, 15) is 9.18 Å². The van der Waals surface area contributed by atoms with Gasteiger partial charge in [0.1, 0.15) is 0 Å². The predicted octanol–water partition coefficient (Wildman–Crippen LogP) is 2.61. The van der Waals surface area contributed by atoms with E-state index < -0.39 is 5.82 Å². The van der Waals surface area contributed by atoms with Crippen LogP contribution in [0.5, 0.6) is 0 Å². The molecule has 3 rings (SSSR count). The number of carbonyl (C=O) groups excluding carboxylic acids is 1. The normalized spacial score (nSPS) is 14.0. The van der Waals surface area contributed by atoms with Crippen molar-refractivity contribution in [2.45, 2.75) is 25.4 Å². The van der Waals surface area contributed by atoms with Crippen LogP contribution in [0.2, 0.25) is 0 Å². The predicted molar refractivity (Wildman–Crippen MR) is 77.9 cm³/mol. The lowest BCUT2D eigenvalue weighted by Gasteiger charge is -2.23. The second-order valence-corrected chi connectivity index (χ2v) is 5.26. The van der Waals surface area contributed by atoms with E-state index in [0.717, 1.165) is 24.6 Å². The number of anilines is 1. The first kappa shape index (κ1) is 13.5. The van der Waals surface area contributed by atoms with E-state index in [1.807, 2.05) is 18.2 Å². The molecule has 0 saturated heterocycles. The highest BCUT2D eigenvalue weighted by molar-refractivity contribution is 5.94. The molecule has 1 aliphatic rings. The molecule has 0 unspecified atom stereocenters. The maximum absolute atomic E-state index is 13.8. The minimum atomic E-state index is -0.583. The van der Waals surface area contributed by atoms with Gasteiger partial charge in [0, 0.05) is 24.5 Å². The van der Waals surface area contributed by atoms with Gasteiger partial charge in [0.25, 0.3) is 5.91 Å². The number of nitrogens with two attached hydrogens (primary N) is 1. The number of nitrogens with zero attached hydrogens (tertiary/aromatic N) is 2. The average Bonchev–Trinajstić information content (AvgIpc) is 3.29. The zero-order valence-electron chi connectivity index (χ0n) is 11.5. The summed E-state index contributed by atoms with van der Waals surface area (Å²) in [5.74, 6) is -0.874. The second-order valence-electron chi connectivity index (χ2n) is 5.26. The summed E-state index contributed by atoms with van der Waals surface area (Å²) < 4.78 is 13.8. The van der Waals surface area contributed by atoms with Gasteiger partial charge in [0.05, 0.1) is 11.8 Å². The summed E-state index contributed by atoms with van der Waals surface area (Å²) in [6.07, 6.45) is 4.42. The van der Waals surface area contributed by atoms with E-state index in [4.69, 9.17) is 5.73 Å². The molecule has 1 aromatic carbocycles. The van der Waals surface area contributed by atoms with Crippen LogP contribution in [0, 0.1) is 5.82 Å². The van der Waals surface area contributed by atoms with Crippen LogP contribution in [0.1, 0.15) is 28.8 Å². The molecule has 0 atom stereocenters. The molecule has 1 fully saturated rings. The molecule has 0 bridgehead atoms. The minimum Gasteiger partial charge on any atom is -0.399 e. The maximum atomic E-state index is 13.8. The number of benzene rings is 1. The Morgan fingerprint density at radius 1 is 1.38 bits per heavy atom. The Morgan fingerprint density at radius 2 is 2.19 bits per heavy atom. The maximum Gasteiger partial charge on any atom is 0.257 e. The fourth-order valence-corrected chi connectivity index (χ4v) is 2.34. The third-order valence-corrected chi connectivity index (χ3v) is 3.56. The van der Waals surface area contributed by atoms with Crippen LogP contribution in [0.4, 0.5) is 10.1 Å². The molecule has 21 heavy (non-hydrogen) atoms. The topological polar surface area (TPSA) is 59.2 Å². The highest BCUT2D eigenvalue weighted by Crippen LogP contribution is 2.30. The highest BCUT2D eigenvalue weighted by Gasteiger charge is 2.34. The van der Waals surface area contributed by atoms with Gasteiger partial charge in [-0.05, 0) is 36.6 Å². The monoisotopic (exact) mass is 285 g/mol. The van der Waals surface area contributed by atoms with Crippen molar-refractivity contribution in [1.82, 2.24) is 9.88 Å². The van der Waals surface area contributed by atoms with Crippen molar-refractivity contribution in [3.8, 4) is 0 Å². The number of hydrogen-bond donors (Lipinski definition) is 1. The molecular formula is C16H16FN3O. The van der Waals surface area contributed by atoms with E-state index >= 15 is 0 Å². The zero-order chi connectivity index (χ0) is 14.8. The number of halogens is 1. The molecule has 1 heterocycles. The molecule has 0 spiro atoms. The average molecular weight is 285 g/mol. The number of nitrogen functional groups attached to an aromatic ring is 1. The lowest BCUT2D eigenvalue weighted by molar-refractivity contribution is 0.0725. The number of aromatic nitrogens is 1. The van der Waals surface area contributed by atoms with Gasteiger partial charge < -0.3 is 10.6 Å². The Hall–Kier alpha value is -2.43.